The van der Waals surface area contributed by atoms with Gasteiger partial charge in [-0.25, -0.2) is 0 Å². The zero-order valence-corrected chi connectivity index (χ0v) is 13.1. The largest absolute Gasteiger partial charge is 0.493 e. The number of hydrogen-bond donors (Lipinski definition) is 0. The molecule has 1 aliphatic rings. The Labute approximate surface area is 125 Å². The molecule has 0 saturated carbocycles. The third kappa shape index (κ3) is 3.88. The molecule has 1 fully saturated rings. The maximum atomic E-state index is 12.3. The highest BCUT2D eigenvalue weighted by Crippen LogP contribution is 2.27. The molecule has 1 aromatic rings. The van der Waals surface area contributed by atoms with Gasteiger partial charge in [0.1, 0.15) is 0 Å². The normalized spacial score (nSPS) is 22.0. The van der Waals surface area contributed by atoms with E-state index in [0.717, 1.165) is 5.56 Å². The van der Waals surface area contributed by atoms with Gasteiger partial charge in [0.25, 0.3) is 5.91 Å². The first kappa shape index (κ1) is 15.6. The Morgan fingerprint density at radius 3 is 2.86 bits per heavy atom. The summed E-state index contributed by atoms with van der Waals surface area (Å²) in [4.78, 5) is 14.1. The summed E-state index contributed by atoms with van der Waals surface area (Å²) in [5, 5.41) is 0. The Bertz CT molecular complexity index is 503. The van der Waals surface area contributed by atoms with Crippen molar-refractivity contribution in [2.75, 3.05) is 26.9 Å². The van der Waals surface area contributed by atoms with Crippen molar-refractivity contribution >= 4 is 5.91 Å². The maximum absolute atomic E-state index is 12.3. The van der Waals surface area contributed by atoms with E-state index in [2.05, 4.69) is 0 Å². The zero-order chi connectivity index (χ0) is 15.4. The molecule has 116 valence electrons. The Morgan fingerprint density at radius 1 is 1.38 bits per heavy atom. The second kappa shape index (κ2) is 6.80. The minimum atomic E-state index is -0.0275. The van der Waals surface area contributed by atoms with Crippen molar-refractivity contribution in [1.82, 2.24) is 4.90 Å². The van der Waals surface area contributed by atoms with Crippen LogP contribution >= 0.6 is 0 Å². The summed E-state index contributed by atoms with van der Waals surface area (Å²) in [6.07, 6.45) is 0.0686. The lowest BCUT2D eigenvalue weighted by atomic mass is 10.2. The molecule has 2 unspecified atom stereocenters. The van der Waals surface area contributed by atoms with Crippen molar-refractivity contribution in [3.63, 3.8) is 0 Å². The van der Waals surface area contributed by atoms with E-state index in [0.29, 0.717) is 24.7 Å². The van der Waals surface area contributed by atoms with Crippen molar-refractivity contribution in [3.05, 3.63) is 23.8 Å². The number of benzene rings is 1. The minimum absolute atomic E-state index is 0.0104. The van der Waals surface area contributed by atoms with Crippen LogP contribution in [0.4, 0.5) is 0 Å². The lowest BCUT2D eigenvalue weighted by Gasteiger charge is -2.36. The summed E-state index contributed by atoms with van der Waals surface area (Å²) in [6.45, 7) is 7.12. The summed E-state index contributed by atoms with van der Waals surface area (Å²) in [6, 6.07) is 5.73. The molecule has 2 rings (SSSR count). The van der Waals surface area contributed by atoms with Crippen molar-refractivity contribution in [2.24, 2.45) is 0 Å². The van der Waals surface area contributed by atoms with E-state index in [4.69, 9.17) is 14.2 Å². The number of carbonyl (C=O) groups is 1. The molecular weight excluding hydrogens is 270 g/mol. The van der Waals surface area contributed by atoms with Gasteiger partial charge in [-0.05, 0) is 38.5 Å². The molecule has 5 nitrogen and oxygen atoms in total. The molecule has 0 spiro atoms. The third-order valence-corrected chi connectivity index (χ3v) is 3.60. The highest BCUT2D eigenvalue weighted by Gasteiger charge is 2.27. The molecule has 0 aliphatic carbocycles. The summed E-state index contributed by atoms with van der Waals surface area (Å²) in [5.74, 6) is 1.21. The summed E-state index contributed by atoms with van der Waals surface area (Å²) in [7, 11) is 1.59. The van der Waals surface area contributed by atoms with Crippen LogP contribution in [0.3, 0.4) is 0 Å². The smallest absolute Gasteiger partial charge is 0.260 e. The van der Waals surface area contributed by atoms with Crippen molar-refractivity contribution < 1.29 is 19.0 Å². The van der Waals surface area contributed by atoms with Crippen molar-refractivity contribution in [3.8, 4) is 11.5 Å². The van der Waals surface area contributed by atoms with Crippen LogP contribution in [0.1, 0.15) is 19.4 Å². The van der Waals surface area contributed by atoms with Gasteiger partial charge < -0.3 is 19.1 Å². The quantitative estimate of drug-likeness (QED) is 0.852. The number of morpholine rings is 1. The highest BCUT2D eigenvalue weighted by molar-refractivity contribution is 5.78. The van der Waals surface area contributed by atoms with Crippen LogP contribution in [0, 0.1) is 6.92 Å². The molecular formula is C16H23NO4. The fourth-order valence-electron chi connectivity index (χ4n) is 2.37. The van der Waals surface area contributed by atoms with Gasteiger partial charge >= 0.3 is 0 Å². The second-order valence-corrected chi connectivity index (χ2v) is 5.48. The number of carbonyl (C=O) groups excluding carboxylic acids is 1. The number of amides is 1. The summed E-state index contributed by atoms with van der Waals surface area (Å²) < 4.78 is 16.4. The van der Waals surface area contributed by atoms with E-state index in [1.165, 1.54) is 0 Å². The SMILES string of the molecule is COc1cc(C)ccc1OCC(=O)N1CC(C)OCC1C. The van der Waals surface area contributed by atoms with Crippen LogP contribution in [0.25, 0.3) is 0 Å². The van der Waals surface area contributed by atoms with Gasteiger partial charge in [0.05, 0.1) is 25.9 Å². The number of hydrogen-bond acceptors (Lipinski definition) is 4. The predicted molar refractivity (Wildman–Crippen MR) is 79.8 cm³/mol. The molecule has 1 heterocycles. The average molecular weight is 293 g/mol. The van der Waals surface area contributed by atoms with E-state index in [1.54, 1.807) is 7.11 Å². The van der Waals surface area contributed by atoms with Crippen LogP contribution in [-0.2, 0) is 9.53 Å². The van der Waals surface area contributed by atoms with E-state index in [1.807, 2.05) is 43.9 Å². The first-order valence-corrected chi connectivity index (χ1v) is 7.19. The molecule has 21 heavy (non-hydrogen) atoms. The lowest BCUT2D eigenvalue weighted by Crippen LogP contribution is -2.51. The monoisotopic (exact) mass is 293 g/mol. The van der Waals surface area contributed by atoms with Crippen LogP contribution < -0.4 is 9.47 Å². The van der Waals surface area contributed by atoms with E-state index in [-0.39, 0.29) is 24.7 Å². The maximum Gasteiger partial charge on any atom is 0.260 e. The van der Waals surface area contributed by atoms with Gasteiger partial charge in [-0.1, -0.05) is 6.07 Å². The van der Waals surface area contributed by atoms with Crippen LogP contribution in [-0.4, -0.2) is 49.8 Å². The van der Waals surface area contributed by atoms with Crippen LogP contribution in [0.15, 0.2) is 18.2 Å². The fraction of sp³-hybridized carbons (Fsp3) is 0.562. The predicted octanol–water partition coefficient (Wildman–Crippen LogP) is 2.02. The molecule has 0 aromatic heterocycles. The molecule has 1 aromatic carbocycles. The standard InChI is InChI=1S/C16H23NO4/c1-11-5-6-14(15(7-11)19-4)21-10-16(18)17-8-13(3)20-9-12(17)2/h5-7,12-13H,8-10H2,1-4H3. The summed E-state index contributed by atoms with van der Waals surface area (Å²) in [5.41, 5.74) is 1.08. The second-order valence-electron chi connectivity index (χ2n) is 5.48. The van der Waals surface area contributed by atoms with E-state index < -0.39 is 0 Å². The Kier molecular flexibility index (Phi) is 5.07. The van der Waals surface area contributed by atoms with E-state index in [9.17, 15) is 4.79 Å². The third-order valence-electron chi connectivity index (χ3n) is 3.60. The highest BCUT2D eigenvalue weighted by atomic mass is 16.5. The van der Waals surface area contributed by atoms with Gasteiger partial charge in [-0.3, -0.25) is 4.79 Å². The number of rotatable bonds is 4. The van der Waals surface area contributed by atoms with Gasteiger partial charge in [-0.2, -0.15) is 0 Å². The average Bonchev–Trinajstić information content (AvgIpc) is 2.48. The number of aryl methyl sites for hydroxylation is 1. The molecule has 2 atom stereocenters. The van der Waals surface area contributed by atoms with Crippen molar-refractivity contribution in [2.45, 2.75) is 32.9 Å². The van der Waals surface area contributed by atoms with Gasteiger partial charge in [-0.15, -0.1) is 0 Å². The van der Waals surface area contributed by atoms with E-state index >= 15 is 0 Å². The molecule has 0 N–H and O–H groups in total. The minimum Gasteiger partial charge on any atom is -0.493 e. The zero-order valence-electron chi connectivity index (χ0n) is 13.1. The Balaban J connectivity index is 1.97. The molecule has 1 amide bonds. The van der Waals surface area contributed by atoms with Gasteiger partial charge in [0.2, 0.25) is 0 Å². The molecule has 0 radical (unpaired) electrons. The lowest BCUT2D eigenvalue weighted by molar-refractivity contribution is -0.145. The number of nitrogens with zero attached hydrogens (tertiary/aromatic N) is 1. The number of methoxy groups -OCH3 is 1. The first-order valence-electron chi connectivity index (χ1n) is 7.19. The number of ether oxygens (including phenoxy) is 3. The molecule has 5 heteroatoms. The molecule has 1 saturated heterocycles. The summed E-state index contributed by atoms with van der Waals surface area (Å²) >= 11 is 0. The van der Waals surface area contributed by atoms with Crippen molar-refractivity contribution in [1.29, 1.82) is 0 Å². The first-order chi connectivity index (χ1) is 10.0. The van der Waals surface area contributed by atoms with Gasteiger partial charge in [0, 0.05) is 6.54 Å². The van der Waals surface area contributed by atoms with Crippen LogP contribution in [0.2, 0.25) is 0 Å². The Hall–Kier alpha value is -1.75. The molecule has 1 aliphatic heterocycles. The fourth-order valence-corrected chi connectivity index (χ4v) is 2.37. The topological polar surface area (TPSA) is 48.0 Å². The Morgan fingerprint density at radius 2 is 2.14 bits per heavy atom. The van der Waals surface area contributed by atoms with Crippen LogP contribution in [0.5, 0.6) is 11.5 Å². The van der Waals surface area contributed by atoms with Gasteiger partial charge in [0.15, 0.2) is 18.1 Å². The molecule has 0 bridgehead atoms.